The van der Waals surface area contributed by atoms with Crippen LogP contribution < -0.4 is 9.92 Å². The Kier molecular flexibility index (Phi) is 7.34. The maximum Gasteiger partial charge on any atom is 0.232 e. The standard InChI is InChI=1S/C31H39NO2Si2/c1-30(2,3)36(22-19-25-14-8-11-18-29(25)36)34-31(20-23-35(5,6)7,24-26-15-12-13-21-32-26)27-16-9-10-17-28(27)33-4/h8-18,21H,19,22,24H2,1-7H3/t31-,36-/m1/s1. The van der Waals surface area contributed by atoms with Gasteiger partial charge in [-0.2, -0.15) is 0 Å². The minimum absolute atomic E-state index is 0.0299. The number of para-hydroxylation sites is 1. The topological polar surface area (TPSA) is 31.4 Å². The van der Waals surface area contributed by atoms with Gasteiger partial charge in [0.15, 0.2) is 5.60 Å². The molecule has 1 aliphatic heterocycles. The van der Waals surface area contributed by atoms with Gasteiger partial charge in [-0.15, -0.1) is 5.54 Å². The smallest absolute Gasteiger partial charge is 0.232 e. The zero-order chi connectivity index (χ0) is 26.0. The highest BCUT2D eigenvalue weighted by atomic mass is 28.4. The first kappa shape index (κ1) is 26.4. The molecule has 188 valence electrons. The van der Waals surface area contributed by atoms with Gasteiger partial charge >= 0.3 is 0 Å². The minimum Gasteiger partial charge on any atom is -0.496 e. The molecule has 2 heterocycles. The van der Waals surface area contributed by atoms with Gasteiger partial charge in [-0.05, 0) is 46.5 Å². The molecule has 1 aromatic heterocycles. The lowest BCUT2D eigenvalue weighted by Gasteiger charge is -2.46. The molecule has 0 spiro atoms. The largest absolute Gasteiger partial charge is 0.496 e. The van der Waals surface area contributed by atoms with Gasteiger partial charge in [0.25, 0.3) is 0 Å². The molecule has 4 rings (SSSR count). The van der Waals surface area contributed by atoms with Crippen molar-refractivity contribution in [3.05, 3.63) is 89.7 Å². The quantitative estimate of drug-likeness (QED) is 0.274. The van der Waals surface area contributed by atoms with Crippen LogP contribution in [-0.4, -0.2) is 28.5 Å². The van der Waals surface area contributed by atoms with Crippen LogP contribution >= 0.6 is 0 Å². The van der Waals surface area contributed by atoms with Crippen LogP contribution in [0.3, 0.4) is 0 Å². The van der Waals surface area contributed by atoms with Crippen molar-refractivity contribution >= 4 is 21.6 Å². The number of methoxy groups -OCH3 is 1. The summed E-state index contributed by atoms with van der Waals surface area (Å²) in [6, 6.07) is 24.3. The van der Waals surface area contributed by atoms with Crippen molar-refractivity contribution in [3.8, 4) is 17.2 Å². The van der Waals surface area contributed by atoms with E-state index in [1.54, 1.807) is 7.11 Å². The fraction of sp³-hybridized carbons (Fsp3) is 0.387. The highest BCUT2D eigenvalue weighted by molar-refractivity contribution is 6.90. The summed E-state index contributed by atoms with van der Waals surface area (Å²) in [5.41, 5.74) is 6.21. The van der Waals surface area contributed by atoms with E-state index in [9.17, 15) is 0 Å². The summed E-state index contributed by atoms with van der Waals surface area (Å²) in [4.78, 5) is 4.73. The van der Waals surface area contributed by atoms with Crippen LogP contribution in [0.25, 0.3) is 0 Å². The first-order valence-corrected chi connectivity index (χ1v) is 18.5. The van der Waals surface area contributed by atoms with Crippen LogP contribution in [0.1, 0.15) is 37.6 Å². The number of ether oxygens (including phenoxy) is 1. The molecule has 0 unspecified atom stereocenters. The van der Waals surface area contributed by atoms with Gasteiger partial charge in [-0.25, -0.2) is 0 Å². The van der Waals surface area contributed by atoms with Gasteiger partial charge in [-0.1, -0.05) is 94.9 Å². The second-order valence-corrected chi connectivity index (χ2v) is 21.0. The molecule has 0 radical (unpaired) electrons. The van der Waals surface area contributed by atoms with E-state index in [1.807, 2.05) is 30.5 Å². The number of hydrogen-bond acceptors (Lipinski definition) is 3. The van der Waals surface area contributed by atoms with Crippen molar-refractivity contribution in [2.75, 3.05) is 7.11 Å². The number of hydrogen-bond donors (Lipinski definition) is 0. The zero-order valence-electron chi connectivity index (χ0n) is 22.8. The van der Waals surface area contributed by atoms with Gasteiger partial charge in [-0.3, -0.25) is 4.98 Å². The van der Waals surface area contributed by atoms with Crippen LogP contribution in [0.15, 0.2) is 72.9 Å². The number of benzene rings is 2. The molecule has 3 nitrogen and oxygen atoms in total. The molecule has 0 bridgehead atoms. The predicted octanol–water partition coefficient (Wildman–Crippen LogP) is 6.63. The monoisotopic (exact) mass is 513 g/mol. The number of fused-ring (bicyclic) bond motifs is 1. The Bertz CT molecular complexity index is 1270. The summed E-state index contributed by atoms with van der Waals surface area (Å²) in [7, 11) is -2.52. The molecule has 0 amide bonds. The van der Waals surface area contributed by atoms with Gasteiger partial charge < -0.3 is 9.16 Å². The second-order valence-electron chi connectivity index (χ2n) is 11.9. The van der Waals surface area contributed by atoms with E-state index in [-0.39, 0.29) is 5.04 Å². The number of rotatable bonds is 6. The van der Waals surface area contributed by atoms with Gasteiger partial charge in [0.05, 0.1) is 7.11 Å². The van der Waals surface area contributed by atoms with E-state index in [2.05, 4.69) is 94.3 Å². The third kappa shape index (κ3) is 5.22. The van der Waals surface area contributed by atoms with Crippen molar-refractivity contribution in [3.63, 3.8) is 0 Å². The van der Waals surface area contributed by atoms with E-state index in [4.69, 9.17) is 14.1 Å². The first-order valence-electron chi connectivity index (χ1n) is 12.9. The minimum atomic E-state index is -2.53. The van der Waals surface area contributed by atoms with Crippen LogP contribution in [0.2, 0.25) is 30.7 Å². The molecule has 5 heteroatoms. The van der Waals surface area contributed by atoms with Crippen molar-refractivity contribution < 1.29 is 9.16 Å². The highest BCUT2D eigenvalue weighted by Crippen LogP contribution is 2.49. The molecule has 0 N–H and O–H groups in total. The third-order valence-corrected chi connectivity index (χ3v) is 13.4. The van der Waals surface area contributed by atoms with E-state index in [1.165, 1.54) is 10.8 Å². The van der Waals surface area contributed by atoms with E-state index < -0.39 is 22.0 Å². The zero-order valence-corrected chi connectivity index (χ0v) is 24.8. The fourth-order valence-corrected chi connectivity index (χ4v) is 10.7. The third-order valence-electron chi connectivity index (χ3n) is 7.10. The summed E-state index contributed by atoms with van der Waals surface area (Å²) >= 11 is 0. The number of pyridine rings is 1. The summed E-state index contributed by atoms with van der Waals surface area (Å²) < 4.78 is 13.7. The van der Waals surface area contributed by atoms with Crippen LogP contribution in [0.5, 0.6) is 5.75 Å². The molecular weight excluding hydrogens is 475 g/mol. The maximum absolute atomic E-state index is 7.77. The van der Waals surface area contributed by atoms with E-state index in [0.717, 1.165) is 29.5 Å². The lowest BCUT2D eigenvalue weighted by Crippen LogP contribution is -2.60. The first-order chi connectivity index (χ1) is 17.0. The summed E-state index contributed by atoms with van der Waals surface area (Å²) in [5.74, 6) is 4.58. The van der Waals surface area contributed by atoms with E-state index in [0.29, 0.717) is 6.42 Å². The van der Waals surface area contributed by atoms with Crippen molar-refractivity contribution in [1.29, 1.82) is 0 Å². The molecule has 1 aliphatic rings. The highest BCUT2D eigenvalue weighted by Gasteiger charge is 2.56. The Labute approximate surface area is 219 Å². The Balaban J connectivity index is 2.03. The Hall–Kier alpha value is -2.66. The summed E-state index contributed by atoms with van der Waals surface area (Å²) in [6.07, 6.45) is 3.47. The molecule has 2 aromatic carbocycles. The average molecular weight is 514 g/mol. The molecule has 2 atom stereocenters. The Morgan fingerprint density at radius 3 is 2.31 bits per heavy atom. The van der Waals surface area contributed by atoms with Crippen molar-refractivity contribution in [1.82, 2.24) is 4.98 Å². The van der Waals surface area contributed by atoms with Crippen LogP contribution in [-0.2, 0) is 22.9 Å². The Morgan fingerprint density at radius 1 is 0.944 bits per heavy atom. The molecule has 0 fully saturated rings. The molecule has 0 saturated carbocycles. The van der Waals surface area contributed by atoms with Crippen molar-refractivity contribution in [2.45, 2.75) is 69.9 Å². The summed E-state index contributed by atoms with van der Waals surface area (Å²) in [5, 5.41) is 1.38. The van der Waals surface area contributed by atoms with Gasteiger partial charge in [0.2, 0.25) is 8.32 Å². The summed E-state index contributed by atoms with van der Waals surface area (Å²) in [6.45, 7) is 13.9. The number of aromatic nitrogens is 1. The number of nitrogens with zero attached hydrogens (tertiary/aromatic N) is 1. The molecule has 36 heavy (non-hydrogen) atoms. The predicted molar refractivity (Wildman–Crippen MR) is 155 cm³/mol. The van der Waals surface area contributed by atoms with Gasteiger partial charge in [0, 0.05) is 23.9 Å². The van der Waals surface area contributed by atoms with Crippen LogP contribution in [0, 0.1) is 11.5 Å². The SMILES string of the molecule is COc1ccccc1[C@@](C#C[Si](C)(C)C)(Cc1ccccn1)O[Si@]1(C(C)(C)C)CCc2ccccc21. The number of aryl methyl sites for hydroxylation is 1. The molecular formula is C31H39NO2Si2. The maximum atomic E-state index is 7.77. The van der Waals surface area contributed by atoms with E-state index >= 15 is 0 Å². The fourth-order valence-electron chi connectivity index (χ4n) is 5.26. The molecule has 3 aromatic rings. The average Bonchev–Trinajstić information content (AvgIpc) is 3.22. The van der Waals surface area contributed by atoms with Gasteiger partial charge in [0.1, 0.15) is 13.8 Å². The molecule has 0 aliphatic carbocycles. The Morgan fingerprint density at radius 2 is 1.64 bits per heavy atom. The normalized spacial score (nSPS) is 19.1. The lowest BCUT2D eigenvalue weighted by molar-refractivity contribution is 0.108. The lowest BCUT2D eigenvalue weighted by atomic mass is 9.89. The van der Waals surface area contributed by atoms with Crippen LogP contribution in [0.4, 0.5) is 0 Å². The second kappa shape index (κ2) is 10.0. The van der Waals surface area contributed by atoms with Crippen molar-refractivity contribution in [2.24, 2.45) is 0 Å². The molecule has 0 saturated heterocycles.